The van der Waals surface area contributed by atoms with Crippen molar-refractivity contribution in [2.45, 2.75) is 60.4 Å². The van der Waals surface area contributed by atoms with Gasteiger partial charge in [0, 0.05) is 0 Å². The molecule has 1 rings (SSSR count). The maximum atomic E-state index is 12.7. The Bertz CT molecular complexity index is 502. The number of hydrogen-bond acceptors (Lipinski definition) is 5. The largest absolute Gasteiger partial charge is 0.481 e. The molecule has 0 aromatic heterocycles. The molecule has 0 saturated heterocycles. The van der Waals surface area contributed by atoms with Crippen LogP contribution in [0.3, 0.4) is 0 Å². The third kappa shape index (κ3) is 5.73. The van der Waals surface area contributed by atoms with Crippen molar-refractivity contribution in [3.63, 3.8) is 0 Å². The van der Waals surface area contributed by atoms with E-state index in [2.05, 4.69) is 0 Å². The third-order valence-corrected chi connectivity index (χ3v) is 4.89. The minimum absolute atomic E-state index is 0.0106. The molecule has 1 aromatic carbocycles. The molecule has 0 aliphatic rings. The molecule has 1 N–H and O–H groups in total. The molecule has 0 fully saturated rings. The third-order valence-electron chi connectivity index (χ3n) is 2.96. The van der Waals surface area contributed by atoms with Crippen LogP contribution in [-0.4, -0.2) is 23.7 Å². The molecule has 0 bridgehead atoms. The second kappa shape index (κ2) is 8.11. The standard InChI is InChI=1S/C16H27O5P/c1-11(2)20-22(18,21-12(3)4)10-19-15-7-13(5)16(9-17)14(6)8-15/h7-8,11-12,17H,9-10H2,1-6H3. The van der Waals surface area contributed by atoms with Crippen LogP contribution in [0.15, 0.2) is 12.1 Å². The van der Waals surface area contributed by atoms with Crippen molar-refractivity contribution >= 4 is 7.60 Å². The van der Waals surface area contributed by atoms with Crippen LogP contribution in [0.5, 0.6) is 5.75 Å². The van der Waals surface area contributed by atoms with E-state index in [-0.39, 0.29) is 25.2 Å². The molecule has 5 nitrogen and oxygen atoms in total. The van der Waals surface area contributed by atoms with Crippen molar-refractivity contribution in [3.05, 3.63) is 28.8 Å². The smallest absolute Gasteiger partial charge is 0.368 e. The average Bonchev–Trinajstić information content (AvgIpc) is 2.34. The zero-order valence-corrected chi connectivity index (χ0v) is 15.1. The SMILES string of the molecule is Cc1cc(OCP(=O)(OC(C)C)OC(C)C)cc(C)c1CO. The monoisotopic (exact) mass is 330 g/mol. The normalized spacial score (nSPS) is 12.2. The first-order valence-electron chi connectivity index (χ1n) is 7.46. The molecule has 0 unspecified atom stereocenters. The molecule has 1 aromatic rings. The van der Waals surface area contributed by atoms with Crippen molar-refractivity contribution in [2.24, 2.45) is 0 Å². The maximum Gasteiger partial charge on any atom is 0.368 e. The molecule has 0 saturated carbocycles. The van der Waals surface area contributed by atoms with Gasteiger partial charge in [0.05, 0.1) is 18.8 Å². The van der Waals surface area contributed by atoms with Gasteiger partial charge in [0.15, 0.2) is 6.35 Å². The highest BCUT2D eigenvalue weighted by atomic mass is 31.2. The number of benzene rings is 1. The van der Waals surface area contributed by atoms with Gasteiger partial charge in [-0.05, 0) is 70.4 Å². The van der Waals surface area contributed by atoms with Crippen LogP contribution < -0.4 is 4.74 Å². The van der Waals surface area contributed by atoms with E-state index in [1.807, 2.05) is 26.0 Å². The van der Waals surface area contributed by atoms with Crippen LogP contribution in [0.2, 0.25) is 0 Å². The quantitative estimate of drug-likeness (QED) is 0.725. The van der Waals surface area contributed by atoms with Gasteiger partial charge in [0.25, 0.3) is 0 Å². The zero-order valence-electron chi connectivity index (χ0n) is 14.3. The van der Waals surface area contributed by atoms with Crippen LogP contribution >= 0.6 is 7.60 Å². The van der Waals surface area contributed by atoms with Gasteiger partial charge in [-0.15, -0.1) is 0 Å². The molecule has 6 heteroatoms. The average molecular weight is 330 g/mol. The van der Waals surface area contributed by atoms with E-state index >= 15 is 0 Å². The second-order valence-corrected chi connectivity index (χ2v) is 7.79. The van der Waals surface area contributed by atoms with Crippen LogP contribution in [0.4, 0.5) is 0 Å². The lowest BCUT2D eigenvalue weighted by atomic mass is 10.0. The number of hydrogen-bond donors (Lipinski definition) is 1. The Balaban J connectivity index is 2.87. The lowest BCUT2D eigenvalue weighted by Gasteiger charge is -2.23. The summed E-state index contributed by atoms with van der Waals surface area (Å²) in [4.78, 5) is 0. The van der Waals surface area contributed by atoms with Gasteiger partial charge >= 0.3 is 7.60 Å². The highest BCUT2D eigenvalue weighted by Crippen LogP contribution is 2.50. The summed E-state index contributed by atoms with van der Waals surface area (Å²) in [5.74, 6) is 0.590. The fraction of sp³-hybridized carbons (Fsp3) is 0.625. The van der Waals surface area contributed by atoms with Crippen LogP contribution in [0.1, 0.15) is 44.4 Å². The van der Waals surface area contributed by atoms with E-state index in [4.69, 9.17) is 13.8 Å². The summed E-state index contributed by atoms with van der Waals surface area (Å²) in [7, 11) is -3.32. The highest BCUT2D eigenvalue weighted by molar-refractivity contribution is 7.53. The summed E-state index contributed by atoms with van der Waals surface area (Å²) in [5.41, 5.74) is 2.75. The molecule has 0 heterocycles. The molecule has 0 spiro atoms. The summed E-state index contributed by atoms with van der Waals surface area (Å²) in [5, 5.41) is 9.32. The Morgan fingerprint density at radius 2 is 1.50 bits per heavy atom. The van der Waals surface area contributed by atoms with Gasteiger partial charge in [0.2, 0.25) is 0 Å². The topological polar surface area (TPSA) is 65.0 Å². The first-order valence-corrected chi connectivity index (χ1v) is 9.19. The summed E-state index contributed by atoms with van der Waals surface area (Å²) in [6, 6.07) is 3.63. The van der Waals surface area contributed by atoms with E-state index in [1.165, 1.54) is 0 Å². The van der Waals surface area contributed by atoms with Crippen LogP contribution in [0.25, 0.3) is 0 Å². The number of ether oxygens (including phenoxy) is 1. The van der Waals surface area contributed by atoms with E-state index < -0.39 is 7.60 Å². The van der Waals surface area contributed by atoms with E-state index in [0.717, 1.165) is 16.7 Å². The fourth-order valence-corrected chi connectivity index (χ4v) is 3.93. The summed E-state index contributed by atoms with van der Waals surface area (Å²) in [6.07, 6.45) is -0.567. The molecule has 0 radical (unpaired) electrons. The van der Waals surface area contributed by atoms with Gasteiger partial charge in [-0.3, -0.25) is 4.57 Å². The van der Waals surface area contributed by atoms with Crippen molar-refractivity contribution in [2.75, 3.05) is 6.35 Å². The van der Waals surface area contributed by atoms with E-state index in [0.29, 0.717) is 5.75 Å². The molecule has 0 amide bonds. The Kier molecular flexibility index (Phi) is 7.07. The summed E-state index contributed by atoms with van der Waals surface area (Å²) < 4.78 is 29.2. The van der Waals surface area contributed by atoms with Gasteiger partial charge in [0.1, 0.15) is 5.75 Å². The zero-order chi connectivity index (χ0) is 16.9. The van der Waals surface area contributed by atoms with Crippen molar-refractivity contribution < 1.29 is 23.5 Å². The molecule has 126 valence electrons. The van der Waals surface area contributed by atoms with Crippen LogP contribution in [0, 0.1) is 13.8 Å². The molecular weight excluding hydrogens is 303 g/mol. The lowest BCUT2D eigenvalue weighted by Crippen LogP contribution is -2.13. The second-order valence-electron chi connectivity index (χ2n) is 5.89. The predicted molar refractivity (Wildman–Crippen MR) is 87.4 cm³/mol. The summed E-state index contributed by atoms with van der Waals surface area (Å²) >= 11 is 0. The van der Waals surface area contributed by atoms with Crippen molar-refractivity contribution in [3.8, 4) is 5.75 Å². The van der Waals surface area contributed by atoms with E-state index in [1.54, 1.807) is 27.7 Å². The first-order chi connectivity index (χ1) is 10.2. The van der Waals surface area contributed by atoms with Crippen LogP contribution in [-0.2, 0) is 20.2 Å². The van der Waals surface area contributed by atoms with Gasteiger partial charge in [-0.25, -0.2) is 0 Å². The fourth-order valence-electron chi connectivity index (χ4n) is 2.17. The Hall–Kier alpha value is -0.870. The molecule has 22 heavy (non-hydrogen) atoms. The Morgan fingerprint density at radius 1 is 1.05 bits per heavy atom. The molecule has 0 atom stereocenters. The Labute approximate surface area is 133 Å². The number of rotatable bonds is 8. The number of aryl methyl sites for hydroxylation is 2. The van der Waals surface area contributed by atoms with Gasteiger partial charge < -0.3 is 18.9 Å². The molecule has 0 aliphatic heterocycles. The number of aliphatic hydroxyl groups excluding tert-OH is 1. The maximum absolute atomic E-state index is 12.7. The number of aliphatic hydroxyl groups is 1. The first kappa shape index (κ1) is 19.2. The molecular formula is C16H27O5P. The summed E-state index contributed by atoms with van der Waals surface area (Å²) in [6.45, 7) is 11.0. The van der Waals surface area contributed by atoms with Gasteiger partial charge in [-0.1, -0.05) is 0 Å². The highest BCUT2D eigenvalue weighted by Gasteiger charge is 2.29. The predicted octanol–water partition coefficient (Wildman–Crippen LogP) is 4.18. The lowest BCUT2D eigenvalue weighted by molar-refractivity contribution is 0.129. The minimum atomic E-state index is -3.32. The van der Waals surface area contributed by atoms with Gasteiger partial charge in [-0.2, -0.15) is 0 Å². The van der Waals surface area contributed by atoms with E-state index in [9.17, 15) is 9.67 Å². The molecule has 0 aliphatic carbocycles. The Morgan fingerprint density at radius 3 is 1.86 bits per heavy atom. The minimum Gasteiger partial charge on any atom is -0.481 e. The van der Waals surface area contributed by atoms with Crippen molar-refractivity contribution in [1.82, 2.24) is 0 Å². The van der Waals surface area contributed by atoms with Crippen molar-refractivity contribution in [1.29, 1.82) is 0 Å².